The number of sulfonamides is 1. The lowest BCUT2D eigenvalue weighted by Gasteiger charge is -2.17. The fraction of sp³-hybridized carbons (Fsp3) is 0.269. The third-order valence-corrected chi connectivity index (χ3v) is 7.23. The van der Waals surface area contributed by atoms with Gasteiger partial charge in [-0.2, -0.15) is 0 Å². The van der Waals surface area contributed by atoms with E-state index in [2.05, 4.69) is 23.9 Å². The molecule has 2 N–H and O–H groups in total. The number of para-hydroxylation sites is 1. The summed E-state index contributed by atoms with van der Waals surface area (Å²) in [5.41, 5.74) is 3.62. The molecule has 0 saturated carbocycles. The second kappa shape index (κ2) is 11.0. The van der Waals surface area contributed by atoms with Crippen LogP contribution in [0.2, 0.25) is 5.02 Å². The van der Waals surface area contributed by atoms with Gasteiger partial charge in [0, 0.05) is 11.7 Å². The van der Waals surface area contributed by atoms with Gasteiger partial charge in [0.05, 0.1) is 9.92 Å². The van der Waals surface area contributed by atoms with Crippen LogP contribution in [0.15, 0.2) is 71.6 Å². The van der Waals surface area contributed by atoms with Crippen LogP contribution in [0.5, 0.6) is 5.75 Å². The first-order chi connectivity index (χ1) is 16.1. The molecule has 0 saturated heterocycles. The highest BCUT2D eigenvalue weighted by molar-refractivity contribution is 7.89. The van der Waals surface area contributed by atoms with E-state index in [1.165, 1.54) is 18.2 Å². The molecular formula is C26H29ClN2O4S. The van der Waals surface area contributed by atoms with Crippen LogP contribution in [-0.2, 0) is 14.8 Å². The van der Waals surface area contributed by atoms with Gasteiger partial charge >= 0.3 is 0 Å². The number of ether oxygens (including phenoxy) is 1. The molecule has 34 heavy (non-hydrogen) atoms. The van der Waals surface area contributed by atoms with Crippen LogP contribution in [0.4, 0.5) is 5.69 Å². The first kappa shape index (κ1) is 25.7. The fourth-order valence-electron chi connectivity index (χ4n) is 3.54. The molecule has 0 radical (unpaired) electrons. The van der Waals surface area contributed by atoms with Gasteiger partial charge in [0.25, 0.3) is 5.91 Å². The van der Waals surface area contributed by atoms with Crippen LogP contribution in [0, 0.1) is 6.92 Å². The number of benzene rings is 3. The number of rotatable bonds is 9. The topological polar surface area (TPSA) is 84.5 Å². The average molecular weight is 501 g/mol. The van der Waals surface area contributed by atoms with E-state index in [1.54, 1.807) is 6.92 Å². The zero-order chi connectivity index (χ0) is 24.9. The van der Waals surface area contributed by atoms with Crippen LogP contribution in [-0.4, -0.2) is 20.9 Å². The predicted octanol–water partition coefficient (Wildman–Crippen LogP) is 5.83. The molecule has 0 heterocycles. The van der Waals surface area contributed by atoms with E-state index >= 15 is 0 Å². The van der Waals surface area contributed by atoms with Crippen molar-refractivity contribution in [3.8, 4) is 5.75 Å². The summed E-state index contributed by atoms with van der Waals surface area (Å²) in [4.78, 5) is 12.5. The first-order valence-electron chi connectivity index (χ1n) is 11.0. The maximum atomic E-state index is 12.8. The predicted molar refractivity (Wildman–Crippen MR) is 136 cm³/mol. The van der Waals surface area contributed by atoms with Gasteiger partial charge in [0.2, 0.25) is 10.0 Å². The zero-order valence-electron chi connectivity index (χ0n) is 19.6. The summed E-state index contributed by atoms with van der Waals surface area (Å²) in [6.07, 6.45) is 0. The van der Waals surface area contributed by atoms with Crippen molar-refractivity contribution >= 4 is 33.2 Å². The number of carbonyl (C=O) groups is 1. The van der Waals surface area contributed by atoms with E-state index < -0.39 is 16.1 Å². The van der Waals surface area contributed by atoms with Crippen molar-refractivity contribution in [1.82, 2.24) is 4.72 Å². The molecule has 180 valence electrons. The Bertz CT molecular complexity index is 1260. The Hall–Kier alpha value is -2.87. The number of amides is 1. The van der Waals surface area contributed by atoms with Crippen molar-refractivity contribution in [2.75, 3.05) is 11.9 Å². The van der Waals surface area contributed by atoms with Gasteiger partial charge in [-0.1, -0.05) is 74.0 Å². The number of hydrogen-bond donors (Lipinski definition) is 2. The monoisotopic (exact) mass is 500 g/mol. The number of hydrogen-bond acceptors (Lipinski definition) is 4. The van der Waals surface area contributed by atoms with Crippen LogP contribution < -0.4 is 14.8 Å². The molecular weight excluding hydrogens is 472 g/mol. The first-order valence-corrected chi connectivity index (χ1v) is 12.8. The lowest BCUT2D eigenvalue weighted by molar-refractivity contribution is -0.118. The Morgan fingerprint density at radius 1 is 1.00 bits per heavy atom. The maximum absolute atomic E-state index is 12.8. The molecule has 1 amide bonds. The van der Waals surface area contributed by atoms with E-state index in [0.29, 0.717) is 0 Å². The third kappa shape index (κ3) is 6.38. The van der Waals surface area contributed by atoms with Crippen molar-refractivity contribution < 1.29 is 17.9 Å². The fourth-order valence-corrected chi connectivity index (χ4v) is 5.10. The second-order valence-electron chi connectivity index (χ2n) is 8.38. The minimum atomic E-state index is -3.81. The Labute approximate surface area is 206 Å². The molecule has 0 spiro atoms. The minimum Gasteiger partial charge on any atom is -0.482 e. The molecule has 0 aliphatic rings. The summed E-state index contributed by atoms with van der Waals surface area (Å²) >= 11 is 6.28. The highest BCUT2D eigenvalue weighted by atomic mass is 35.5. The number of anilines is 1. The van der Waals surface area contributed by atoms with Crippen LogP contribution in [0.25, 0.3) is 0 Å². The molecule has 0 fully saturated rings. The summed E-state index contributed by atoms with van der Waals surface area (Å²) in [5, 5.41) is 3.01. The molecule has 1 atom stereocenters. The van der Waals surface area contributed by atoms with Gasteiger partial charge in [0.1, 0.15) is 5.75 Å². The molecule has 0 aliphatic heterocycles. The van der Waals surface area contributed by atoms with Crippen molar-refractivity contribution in [3.05, 3.63) is 88.4 Å². The van der Waals surface area contributed by atoms with Gasteiger partial charge in [-0.3, -0.25) is 4.79 Å². The number of carbonyl (C=O) groups excluding carboxylic acids is 1. The zero-order valence-corrected chi connectivity index (χ0v) is 21.2. The highest BCUT2D eigenvalue weighted by Crippen LogP contribution is 2.29. The van der Waals surface area contributed by atoms with Gasteiger partial charge in [0.15, 0.2) is 6.61 Å². The highest BCUT2D eigenvalue weighted by Gasteiger charge is 2.20. The lowest BCUT2D eigenvalue weighted by atomic mass is 9.98. The molecule has 0 aromatic heterocycles. The lowest BCUT2D eigenvalue weighted by Crippen LogP contribution is -2.27. The van der Waals surface area contributed by atoms with Gasteiger partial charge in [-0.05, 0) is 54.7 Å². The van der Waals surface area contributed by atoms with Crippen molar-refractivity contribution in [1.29, 1.82) is 0 Å². The van der Waals surface area contributed by atoms with Crippen molar-refractivity contribution in [2.24, 2.45) is 0 Å². The Balaban J connectivity index is 1.66. The minimum absolute atomic E-state index is 0.0126. The maximum Gasteiger partial charge on any atom is 0.262 e. The standard InChI is InChI=1S/C26H29ClN2O4S/c1-17(2)22-12-8-9-18(3)26(22)28-25(30)16-33-24-14-13-21(15-23(24)27)34(31,32)29-19(4)20-10-6-5-7-11-20/h5-15,17,19,29H,16H2,1-4H3,(H,28,30)/t19-/m1/s1. The third-order valence-electron chi connectivity index (χ3n) is 5.40. The summed E-state index contributed by atoms with van der Waals surface area (Å²) in [7, 11) is -3.81. The van der Waals surface area contributed by atoms with Gasteiger partial charge in [-0.15, -0.1) is 0 Å². The van der Waals surface area contributed by atoms with Crippen molar-refractivity contribution in [3.63, 3.8) is 0 Å². The number of halogens is 1. The average Bonchev–Trinajstić information content (AvgIpc) is 2.79. The molecule has 0 aliphatic carbocycles. The van der Waals surface area contributed by atoms with Crippen LogP contribution in [0.1, 0.15) is 49.4 Å². The quantitative estimate of drug-likeness (QED) is 0.387. The summed E-state index contributed by atoms with van der Waals surface area (Å²) < 4.78 is 33.8. The summed E-state index contributed by atoms with van der Waals surface area (Å²) in [5.74, 6) is 0.140. The van der Waals surface area contributed by atoms with E-state index in [1.807, 2.05) is 55.5 Å². The normalized spacial score (nSPS) is 12.4. The SMILES string of the molecule is Cc1cccc(C(C)C)c1NC(=O)COc1ccc(S(=O)(=O)N[C@H](C)c2ccccc2)cc1Cl. The smallest absolute Gasteiger partial charge is 0.262 e. The molecule has 8 heteroatoms. The van der Waals surface area contributed by atoms with Crippen molar-refractivity contribution in [2.45, 2.75) is 44.6 Å². The Kier molecular flexibility index (Phi) is 8.36. The summed E-state index contributed by atoms with van der Waals surface area (Å²) in [6, 6.07) is 18.9. The Morgan fingerprint density at radius 2 is 1.71 bits per heavy atom. The van der Waals surface area contributed by atoms with Crippen LogP contribution >= 0.6 is 11.6 Å². The molecule has 3 aromatic carbocycles. The van der Waals surface area contributed by atoms with Gasteiger partial charge in [-0.25, -0.2) is 13.1 Å². The van der Waals surface area contributed by atoms with E-state index in [-0.39, 0.29) is 34.1 Å². The summed E-state index contributed by atoms with van der Waals surface area (Å²) in [6.45, 7) is 7.56. The van der Waals surface area contributed by atoms with E-state index in [9.17, 15) is 13.2 Å². The molecule has 6 nitrogen and oxygen atoms in total. The second-order valence-corrected chi connectivity index (χ2v) is 10.5. The number of nitrogens with one attached hydrogen (secondary N) is 2. The number of aryl methyl sites for hydroxylation is 1. The molecule has 3 aromatic rings. The van der Waals surface area contributed by atoms with E-state index in [4.69, 9.17) is 16.3 Å². The van der Waals surface area contributed by atoms with E-state index in [0.717, 1.165) is 22.4 Å². The largest absolute Gasteiger partial charge is 0.482 e. The molecule has 0 bridgehead atoms. The molecule has 3 rings (SSSR count). The molecule has 0 unspecified atom stereocenters. The van der Waals surface area contributed by atoms with Gasteiger partial charge < -0.3 is 10.1 Å². The van der Waals surface area contributed by atoms with Crippen LogP contribution in [0.3, 0.4) is 0 Å². The Morgan fingerprint density at radius 3 is 2.35 bits per heavy atom.